The topological polar surface area (TPSA) is 64.1 Å². The number of hydrogen-bond acceptors (Lipinski definition) is 4. The van der Waals surface area contributed by atoms with Crippen molar-refractivity contribution in [1.82, 2.24) is 9.97 Å². The minimum Gasteiger partial charge on any atom is -0.497 e. The van der Waals surface area contributed by atoms with Crippen molar-refractivity contribution in [2.24, 2.45) is 0 Å². The molecule has 1 aromatic heterocycles. The number of nitrogens with one attached hydrogen (secondary N) is 1. The molecule has 5 rings (SSSR count). The number of aromatic nitrogens is 2. The maximum atomic E-state index is 12.9. The zero-order valence-corrected chi connectivity index (χ0v) is 19.5. The Bertz CT molecular complexity index is 1160. The molecule has 5 nitrogen and oxygen atoms in total. The van der Waals surface area contributed by atoms with E-state index < -0.39 is 0 Å². The molecule has 1 fully saturated rings. The van der Waals surface area contributed by atoms with Crippen molar-refractivity contribution in [3.05, 3.63) is 70.5 Å². The molecule has 0 unspecified atom stereocenters. The molecular weight excluding hydrogens is 410 g/mol. The lowest BCUT2D eigenvalue weighted by atomic mass is 9.85. The van der Waals surface area contributed by atoms with Crippen LogP contribution in [0.2, 0.25) is 0 Å². The van der Waals surface area contributed by atoms with Crippen LogP contribution in [0.25, 0.3) is 11.3 Å². The molecule has 0 radical (unpaired) electrons. The van der Waals surface area contributed by atoms with Gasteiger partial charge in [0.25, 0.3) is 0 Å². The Morgan fingerprint density at radius 1 is 1.03 bits per heavy atom. The van der Waals surface area contributed by atoms with E-state index in [-0.39, 0.29) is 5.91 Å². The number of ether oxygens (including phenoxy) is 1. The first kappa shape index (κ1) is 21.6. The van der Waals surface area contributed by atoms with Gasteiger partial charge in [-0.15, -0.1) is 0 Å². The number of amides is 1. The van der Waals surface area contributed by atoms with E-state index in [1.165, 1.54) is 30.4 Å². The van der Waals surface area contributed by atoms with Crippen molar-refractivity contribution in [2.75, 3.05) is 12.4 Å². The summed E-state index contributed by atoms with van der Waals surface area (Å²) in [5.74, 6) is 1.84. The van der Waals surface area contributed by atoms with Crippen molar-refractivity contribution in [3.63, 3.8) is 0 Å². The first-order valence-electron chi connectivity index (χ1n) is 12.0. The number of aryl methyl sites for hydroxylation is 3. The molecule has 1 amide bonds. The number of nitrogens with zero attached hydrogens (tertiary/aromatic N) is 2. The predicted molar refractivity (Wildman–Crippen MR) is 131 cm³/mol. The lowest BCUT2D eigenvalue weighted by Crippen LogP contribution is -2.21. The van der Waals surface area contributed by atoms with E-state index >= 15 is 0 Å². The van der Waals surface area contributed by atoms with Crippen molar-refractivity contribution in [1.29, 1.82) is 0 Å². The Hall–Kier alpha value is -3.21. The second-order valence-electron chi connectivity index (χ2n) is 9.32. The van der Waals surface area contributed by atoms with Gasteiger partial charge in [0.2, 0.25) is 5.91 Å². The normalized spacial score (nSPS) is 15.5. The third-order valence-electron chi connectivity index (χ3n) is 6.93. The van der Waals surface area contributed by atoms with E-state index in [1.807, 2.05) is 30.3 Å². The Kier molecular flexibility index (Phi) is 6.12. The van der Waals surface area contributed by atoms with Gasteiger partial charge in [-0.05, 0) is 61.9 Å². The van der Waals surface area contributed by atoms with Crippen LogP contribution in [-0.2, 0) is 24.1 Å². The summed E-state index contributed by atoms with van der Waals surface area (Å²) in [4.78, 5) is 23.1. The zero-order valence-electron chi connectivity index (χ0n) is 19.5. The summed E-state index contributed by atoms with van der Waals surface area (Å²) in [7, 11) is 1.70. The van der Waals surface area contributed by atoms with Gasteiger partial charge in [0.05, 0.1) is 30.6 Å². The molecule has 33 heavy (non-hydrogen) atoms. The molecule has 5 heteroatoms. The van der Waals surface area contributed by atoms with E-state index in [2.05, 4.69) is 24.4 Å². The molecule has 2 aliphatic rings. The number of fused-ring (bicyclic) bond motifs is 3. The highest BCUT2D eigenvalue weighted by Crippen LogP contribution is 2.39. The van der Waals surface area contributed by atoms with Gasteiger partial charge in [-0.3, -0.25) is 4.79 Å². The van der Waals surface area contributed by atoms with Gasteiger partial charge in [0, 0.05) is 11.5 Å². The van der Waals surface area contributed by atoms with Crippen molar-refractivity contribution in [2.45, 2.75) is 64.2 Å². The van der Waals surface area contributed by atoms with Gasteiger partial charge in [-0.25, -0.2) is 9.97 Å². The summed E-state index contributed by atoms with van der Waals surface area (Å²) >= 11 is 0. The maximum Gasteiger partial charge on any atom is 0.229 e. The number of hydrogen-bond donors (Lipinski definition) is 1. The van der Waals surface area contributed by atoms with Gasteiger partial charge in [-0.1, -0.05) is 49.1 Å². The van der Waals surface area contributed by atoms with Crippen LogP contribution in [0, 0.1) is 6.92 Å². The van der Waals surface area contributed by atoms with Gasteiger partial charge < -0.3 is 10.1 Å². The summed E-state index contributed by atoms with van der Waals surface area (Å²) in [6, 6.07) is 14.3. The lowest BCUT2D eigenvalue weighted by Gasteiger charge is -2.26. The Morgan fingerprint density at radius 2 is 1.82 bits per heavy atom. The fourth-order valence-electron chi connectivity index (χ4n) is 5.08. The fraction of sp³-hybridized carbons (Fsp3) is 0.393. The smallest absolute Gasteiger partial charge is 0.229 e. The molecule has 170 valence electrons. The standard InChI is InChI=1S/C28H31N3O2/c1-18-8-10-19(11-9-18)16-25(32)30-28-26(20-6-4-3-5-7-20)31-27-23-14-13-22(33-2)17-21(23)12-15-24(27)29-28/h8-11,13-14,17,20H,3-7,12,15-16H2,1-2H3,(H,29,30,32). The third-order valence-corrected chi connectivity index (χ3v) is 6.93. The monoisotopic (exact) mass is 441 g/mol. The van der Waals surface area contributed by atoms with E-state index in [1.54, 1.807) is 7.11 Å². The van der Waals surface area contributed by atoms with Crippen molar-refractivity contribution in [3.8, 4) is 17.0 Å². The number of rotatable bonds is 5. The highest BCUT2D eigenvalue weighted by molar-refractivity contribution is 5.92. The molecule has 3 aromatic rings. The van der Waals surface area contributed by atoms with Gasteiger partial charge >= 0.3 is 0 Å². The summed E-state index contributed by atoms with van der Waals surface area (Å²) in [6.45, 7) is 2.05. The van der Waals surface area contributed by atoms with E-state index in [9.17, 15) is 4.79 Å². The van der Waals surface area contributed by atoms with Gasteiger partial charge in [0.1, 0.15) is 5.75 Å². The van der Waals surface area contributed by atoms with Crippen molar-refractivity contribution < 1.29 is 9.53 Å². The Labute approximate surface area is 195 Å². The van der Waals surface area contributed by atoms with Crippen LogP contribution in [-0.4, -0.2) is 23.0 Å². The van der Waals surface area contributed by atoms with Crippen molar-refractivity contribution >= 4 is 11.7 Å². The van der Waals surface area contributed by atoms with Crippen LogP contribution in [0.15, 0.2) is 42.5 Å². The Morgan fingerprint density at radius 3 is 2.58 bits per heavy atom. The average molecular weight is 442 g/mol. The predicted octanol–water partition coefficient (Wildman–Crippen LogP) is 5.79. The number of carbonyl (C=O) groups is 1. The van der Waals surface area contributed by atoms with Crippen LogP contribution in [0.3, 0.4) is 0 Å². The Balaban J connectivity index is 1.49. The quantitative estimate of drug-likeness (QED) is 0.544. The highest BCUT2D eigenvalue weighted by Gasteiger charge is 2.27. The minimum absolute atomic E-state index is 0.0360. The SMILES string of the molecule is COc1ccc2c(c1)CCc1nc(NC(=O)Cc3ccc(C)cc3)c(C3CCCCC3)nc1-2. The lowest BCUT2D eigenvalue weighted by molar-refractivity contribution is -0.115. The summed E-state index contributed by atoms with van der Waals surface area (Å²) < 4.78 is 5.42. The summed E-state index contributed by atoms with van der Waals surface area (Å²) in [5.41, 5.74) is 7.48. The van der Waals surface area contributed by atoms with E-state index in [0.29, 0.717) is 18.2 Å². The number of carbonyl (C=O) groups excluding carboxylic acids is 1. The summed E-state index contributed by atoms with van der Waals surface area (Å²) in [5, 5.41) is 3.13. The first-order valence-corrected chi connectivity index (χ1v) is 12.0. The van der Waals surface area contributed by atoms with Crippen LogP contribution >= 0.6 is 0 Å². The van der Waals surface area contributed by atoms with E-state index in [4.69, 9.17) is 14.7 Å². The molecule has 1 heterocycles. The molecule has 0 bridgehead atoms. The molecule has 0 saturated heterocycles. The molecule has 1 N–H and O–H groups in total. The first-order chi connectivity index (χ1) is 16.1. The second kappa shape index (κ2) is 9.34. The largest absolute Gasteiger partial charge is 0.497 e. The molecule has 0 spiro atoms. The van der Waals surface area contributed by atoms with Crippen LogP contribution in [0.5, 0.6) is 5.75 Å². The minimum atomic E-state index is -0.0360. The molecule has 0 atom stereocenters. The van der Waals surface area contributed by atoms with Crippen LogP contribution in [0.4, 0.5) is 5.82 Å². The third kappa shape index (κ3) is 4.63. The summed E-state index contributed by atoms with van der Waals surface area (Å²) in [6.07, 6.45) is 7.93. The highest BCUT2D eigenvalue weighted by atomic mass is 16.5. The number of benzene rings is 2. The molecular formula is C28H31N3O2. The fourth-order valence-corrected chi connectivity index (χ4v) is 5.08. The second-order valence-corrected chi connectivity index (χ2v) is 9.32. The van der Waals surface area contributed by atoms with Gasteiger partial charge in [0.15, 0.2) is 5.82 Å². The van der Waals surface area contributed by atoms with Crippen LogP contribution < -0.4 is 10.1 Å². The van der Waals surface area contributed by atoms with Gasteiger partial charge in [-0.2, -0.15) is 0 Å². The average Bonchev–Trinajstić information content (AvgIpc) is 2.85. The molecule has 1 saturated carbocycles. The maximum absolute atomic E-state index is 12.9. The molecule has 2 aromatic carbocycles. The molecule has 0 aliphatic heterocycles. The molecule has 2 aliphatic carbocycles. The van der Waals surface area contributed by atoms with E-state index in [0.717, 1.165) is 59.6 Å². The number of methoxy groups -OCH3 is 1. The zero-order chi connectivity index (χ0) is 22.8. The van der Waals surface area contributed by atoms with Crippen LogP contribution in [0.1, 0.15) is 66.1 Å². The number of anilines is 1.